The molecule has 3 rings (SSSR count). The first kappa shape index (κ1) is 29.2. The largest absolute Gasteiger partial charge is 0.507 e. The van der Waals surface area contributed by atoms with Crippen LogP contribution in [-0.2, 0) is 54.8 Å². The molecule has 0 amide bonds. The van der Waals surface area contributed by atoms with E-state index in [1.165, 1.54) is 24.3 Å². The Kier molecular flexibility index (Phi) is 11.6. The number of phenols is 2. The van der Waals surface area contributed by atoms with Crippen molar-refractivity contribution < 1.29 is 48.5 Å². The lowest BCUT2D eigenvalue weighted by Gasteiger charge is -2.13. The lowest BCUT2D eigenvalue weighted by molar-refractivity contribution is -0.385. The summed E-state index contributed by atoms with van der Waals surface area (Å²) < 4.78 is 32.8. The van der Waals surface area contributed by atoms with Crippen molar-refractivity contribution in [1.29, 1.82) is 0 Å². The lowest BCUT2D eigenvalue weighted by Crippen LogP contribution is -2.11. The predicted molar refractivity (Wildman–Crippen MR) is 130 cm³/mol. The Morgan fingerprint density at radius 2 is 0.737 bits per heavy atom. The zero-order valence-corrected chi connectivity index (χ0v) is 20.7. The minimum absolute atomic E-state index is 0.0715. The highest BCUT2D eigenvalue weighted by Gasteiger charge is 2.18. The Morgan fingerprint density at radius 3 is 0.974 bits per heavy atom. The molecule has 14 heteroatoms. The van der Waals surface area contributed by atoms with Gasteiger partial charge < -0.3 is 38.6 Å². The molecule has 2 aromatic rings. The highest BCUT2D eigenvalue weighted by Crippen LogP contribution is 2.31. The second-order valence-electron chi connectivity index (χ2n) is 8.17. The van der Waals surface area contributed by atoms with Crippen LogP contribution in [0.1, 0.15) is 22.3 Å². The van der Waals surface area contributed by atoms with Crippen LogP contribution in [0.25, 0.3) is 0 Å². The summed E-state index contributed by atoms with van der Waals surface area (Å²) in [6, 6.07) is 4.98. The summed E-state index contributed by atoms with van der Waals surface area (Å²) in [6.07, 6.45) is 0. The molecule has 0 fully saturated rings. The van der Waals surface area contributed by atoms with Gasteiger partial charge in [-0.2, -0.15) is 0 Å². The molecular weight excluding hydrogens is 508 g/mol. The van der Waals surface area contributed by atoms with E-state index in [4.69, 9.17) is 28.4 Å². The average molecular weight is 539 g/mol. The van der Waals surface area contributed by atoms with Gasteiger partial charge in [-0.25, -0.2) is 0 Å². The van der Waals surface area contributed by atoms with E-state index in [1.807, 2.05) is 0 Å². The molecular formula is C24H30N2O12. The molecule has 0 aromatic heterocycles. The van der Waals surface area contributed by atoms with Crippen LogP contribution >= 0.6 is 0 Å². The number of hydrogen-bond donors (Lipinski definition) is 2. The third-order valence-corrected chi connectivity index (χ3v) is 5.45. The molecule has 4 bridgehead atoms. The van der Waals surface area contributed by atoms with Crippen molar-refractivity contribution in [2.75, 3.05) is 52.9 Å². The van der Waals surface area contributed by atoms with E-state index in [9.17, 15) is 30.4 Å². The number of nitrogens with zero attached hydrogens (tertiary/aromatic N) is 2. The molecule has 2 aromatic carbocycles. The number of phenolic OH excluding ortho intramolecular Hbond substituents is 2. The van der Waals surface area contributed by atoms with Crippen molar-refractivity contribution in [2.45, 2.75) is 26.4 Å². The molecule has 0 atom stereocenters. The number of ether oxygens (including phenoxy) is 6. The fourth-order valence-corrected chi connectivity index (χ4v) is 3.54. The molecule has 1 aliphatic heterocycles. The SMILES string of the molecule is O=[N+]([O-])c1cc2c(O)c(c1)COCCOCCOCc1cc([N+](=O)[O-])cc(c1O)COCCOCCOC2. The van der Waals surface area contributed by atoms with Gasteiger partial charge in [0, 0.05) is 46.5 Å². The quantitative estimate of drug-likeness (QED) is 0.422. The summed E-state index contributed by atoms with van der Waals surface area (Å²) in [5.74, 6) is -0.277. The average Bonchev–Trinajstić information content (AvgIpc) is 2.88. The number of aromatic hydroxyl groups is 2. The van der Waals surface area contributed by atoms with E-state index in [0.717, 1.165) is 0 Å². The van der Waals surface area contributed by atoms with Crippen molar-refractivity contribution >= 4 is 11.4 Å². The Hall–Kier alpha value is -3.40. The van der Waals surface area contributed by atoms with Gasteiger partial charge in [0.05, 0.1) is 89.1 Å². The molecule has 0 spiro atoms. The van der Waals surface area contributed by atoms with Gasteiger partial charge in [-0.15, -0.1) is 0 Å². The first-order valence-corrected chi connectivity index (χ1v) is 11.8. The van der Waals surface area contributed by atoms with Gasteiger partial charge >= 0.3 is 0 Å². The van der Waals surface area contributed by atoms with Crippen LogP contribution in [0.15, 0.2) is 24.3 Å². The highest BCUT2D eigenvalue weighted by molar-refractivity contribution is 5.49. The van der Waals surface area contributed by atoms with Gasteiger partial charge in [-0.1, -0.05) is 0 Å². The molecule has 14 nitrogen and oxygen atoms in total. The van der Waals surface area contributed by atoms with Crippen LogP contribution in [0.4, 0.5) is 11.4 Å². The van der Waals surface area contributed by atoms with Crippen molar-refractivity contribution in [1.82, 2.24) is 0 Å². The standard InChI is InChI=1S/C24H30N2O12/c27-23-17-9-21(25(29)30)11-19(23)15-37-7-3-34-4-8-38-16-20-12-22(26(31)32)10-18(24(20)28)14-36-6-2-33-1-5-35-13-17/h9-12,27-28H,1-8,13-16H2. The molecule has 2 N–H and O–H groups in total. The van der Waals surface area contributed by atoms with E-state index < -0.39 is 9.85 Å². The second-order valence-corrected chi connectivity index (χ2v) is 8.17. The Bertz CT molecular complexity index is 947. The summed E-state index contributed by atoms with van der Waals surface area (Å²) in [5.41, 5.74) is 0.620. The predicted octanol–water partition coefficient (Wildman–Crippen LogP) is 2.73. The summed E-state index contributed by atoms with van der Waals surface area (Å²) in [4.78, 5) is 21.5. The Balaban J connectivity index is 1.63. The number of non-ortho nitro benzene ring substituents is 2. The lowest BCUT2D eigenvalue weighted by atomic mass is 10.1. The summed E-state index contributed by atoms with van der Waals surface area (Å²) >= 11 is 0. The van der Waals surface area contributed by atoms with Crippen molar-refractivity contribution in [3.8, 4) is 11.5 Å². The zero-order chi connectivity index (χ0) is 27.3. The van der Waals surface area contributed by atoms with Gasteiger partial charge in [0.15, 0.2) is 0 Å². The third-order valence-electron chi connectivity index (χ3n) is 5.45. The maximum atomic E-state index is 11.3. The molecule has 1 aliphatic rings. The number of nitro groups is 2. The fraction of sp³-hybridized carbons (Fsp3) is 0.500. The number of hydrogen-bond acceptors (Lipinski definition) is 12. The van der Waals surface area contributed by atoms with E-state index in [1.54, 1.807) is 0 Å². The summed E-state index contributed by atoms with van der Waals surface area (Å²) in [5, 5.41) is 43.6. The maximum Gasteiger partial charge on any atom is 0.270 e. The minimum atomic E-state index is -0.554. The topological polar surface area (TPSA) is 182 Å². The van der Waals surface area contributed by atoms with E-state index in [0.29, 0.717) is 0 Å². The first-order valence-electron chi connectivity index (χ1n) is 11.8. The molecule has 0 radical (unpaired) electrons. The van der Waals surface area contributed by atoms with Crippen LogP contribution in [0.2, 0.25) is 0 Å². The number of nitro benzene ring substituents is 2. The number of benzene rings is 2. The molecule has 38 heavy (non-hydrogen) atoms. The van der Waals surface area contributed by atoms with Crippen molar-refractivity contribution in [2.24, 2.45) is 0 Å². The summed E-state index contributed by atoms with van der Waals surface area (Å²) in [6.45, 7) is 1.10. The molecule has 0 unspecified atom stereocenters. The normalized spacial score (nSPS) is 17.3. The fourth-order valence-electron chi connectivity index (χ4n) is 3.54. The van der Waals surface area contributed by atoms with Gasteiger partial charge in [-0.3, -0.25) is 20.2 Å². The highest BCUT2D eigenvalue weighted by atomic mass is 16.6. The molecule has 208 valence electrons. The molecule has 0 aliphatic carbocycles. The Labute approximate surface area is 217 Å². The monoisotopic (exact) mass is 538 g/mol. The van der Waals surface area contributed by atoms with Crippen molar-refractivity contribution in [3.05, 3.63) is 66.7 Å². The van der Waals surface area contributed by atoms with Gasteiger partial charge in [-0.05, 0) is 0 Å². The Morgan fingerprint density at radius 1 is 0.500 bits per heavy atom. The van der Waals surface area contributed by atoms with E-state index in [-0.39, 0.29) is 124 Å². The summed E-state index contributed by atoms with van der Waals surface area (Å²) in [7, 11) is 0. The number of fused-ring (bicyclic) bond motifs is 4. The van der Waals surface area contributed by atoms with Crippen LogP contribution in [0.5, 0.6) is 11.5 Å². The number of rotatable bonds is 2. The second kappa shape index (κ2) is 15.1. The molecule has 1 heterocycles. The van der Waals surface area contributed by atoms with Gasteiger partial charge in [0.2, 0.25) is 0 Å². The van der Waals surface area contributed by atoms with Crippen molar-refractivity contribution in [3.63, 3.8) is 0 Å². The molecule has 0 saturated heterocycles. The molecule has 0 saturated carbocycles. The van der Waals surface area contributed by atoms with Gasteiger partial charge in [0.25, 0.3) is 11.4 Å². The first-order chi connectivity index (χ1) is 18.4. The van der Waals surface area contributed by atoms with Crippen LogP contribution in [-0.4, -0.2) is 72.9 Å². The zero-order valence-electron chi connectivity index (χ0n) is 20.7. The van der Waals surface area contributed by atoms with E-state index in [2.05, 4.69) is 0 Å². The maximum absolute atomic E-state index is 11.3. The minimum Gasteiger partial charge on any atom is -0.507 e. The van der Waals surface area contributed by atoms with Crippen LogP contribution < -0.4 is 0 Å². The van der Waals surface area contributed by atoms with Crippen LogP contribution in [0.3, 0.4) is 0 Å². The third kappa shape index (κ3) is 8.86. The van der Waals surface area contributed by atoms with E-state index >= 15 is 0 Å². The smallest absolute Gasteiger partial charge is 0.270 e. The van der Waals surface area contributed by atoms with Crippen LogP contribution in [0, 0.1) is 20.2 Å². The van der Waals surface area contributed by atoms with Gasteiger partial charge in [0.1, 0.15) is 11.5 Å².